The number of nitrogens with zero attached hydrogens (tertiary/aromatic N) is 2. The number of aryl methyl sites for hydroxylation is 1. The van der Waals surface area contributed by atoms with Gasteiger partial charge in [0.05, 0.1) is 0 Å². The molecule has 0 saturated heterocycles. The SMILES string of the molecule is N#Cc1c(N)nc2c(c1-c1cccc(Br)c1)CCCCCCCCCC2. The Hall–Kier alpha value is -1.86. The van der Waals surface area contributed by atoms with Crippen molar-refractivity contribution in [2.75, 3.05) is 5.73 Å². The van der Waals surface area contributed by atoms with E-state index in [1.54, 1.807) is 0 Å². The normalized spacial score (nSPS) is 16.0. The number of aromatic nitrogens is 1. The molecule has 1 heterocycles. The number of nitriles is 1. The Labute approximate surface area is 164 Å². The number of halogens is 1. The van der Waals surface area contributed by atoms with Crippen molar-refractivity contribution in [2.45, 2.75) is 64.2 Å². The van der Waals surface area contributed by atoms with Crippen LogP contribution in [-0.4, -0.2) is 4.98 Å². The molecule has 1 aliphatic carbocycles. The molecule has 26 heavy (non-hydrogen) atoms. The molecule has 0 atom stereocenters. The highest BCUT2D eigenvalue weighted by Gasteiger charge is 2.20. The maximum atomic E-state index is 9.76. The van der Waals surface area contributed by atoms with Crippen LogP contribution in [0.5, 0.6) is 0 Å². The van der Waals surface area contributed by atoms with Crippen molar-refractivity contribution in [3.05, 3.63) is 45.6 Å². The van der Waals surface area contributed by atoms with Gasteiger partial charge in [-0.25, -0.2) is 4.98 Å². The lowest BCUT2D eigenvalue weighted by molar-refractivity contribution is 0.557. The molecule has 0 unspecified atom stereocenters. The van der Waals surface area contributed by atoms with Crippen LogP contribution in [-0.2, 0) is 12.8 Å². The van der Waals surface area contributed by atoms with E-state index in [4.69, 9.17) is 5.73 Å². The number of rotatable bonds is 1. The van der Waals surface area contributed by atoms with Gasteiger partial charge in [0.15, 0.2) is 0 Å². The van der Waals surface area contributed by atoms with Crippen molar-refractivity contribution >= 4 is 21.7 Å². The van der Waals surface area contributed by atoms with Crippen molar-refractivity contribution in [3.8, 4) is 17.2 Å². The quantitative estimate of drug-likeness (QED) is 0.608. The third kappa shape index (κ3) is 4.45. The summed E-state index contributed by atoms with van der Waals surface area (Å²) in [7, 11) is 0. The summed E-state index contributed by atoms with van der Waals surface area (Å²) in [5.74, 6) is 0.369. The molecule has 1 aliphatic rings. The van der Waals surface area contributed by atoms with Gasteiger partial charge in [-0.05, 0) is 48.9 Å². The van der Waals surface area contributed by atoms with Gasteiger partial charge in [-0.3, -0.25) is 0 Å². The Morgan fingerprint density at radius 1 is 0.962 bits per heavy atom. The number of hydrogen-bond acceptors (Lipinski definition) is 3. The summed E-state index contributed by atoms with van der Waals surface area (Å²) >= 11 is 3.56. The Kier molecular flexibility index (Phi) is 6.68. The van der Waals surface area contributed by atoms with Gasteiger partial charge < -0.3 is 5.73 Å². The van der Waals surface area contributed by atoms with Crippen LogP contribution in [0.15, 0.2) is 28.7 Å². The number of anilines is 1. The van der Waals surface area contributed by atoms with E-state index in [-0.39, 0.29) is 0 Å². The van der Waals surface area contributed by atoms with Crippen molar-refractivity contribution in [2.24, 2.45) is 0 Å². The smallest absolute Gasteiger partial charge is 0.142 e. The topological polar surface area (TPSA) is 62.7 Å². The van der Waals surface area contributed by atoms with Crippen LogP contribution in [0.25, 0.3) is 11.1 Å². The molecule has 0 amide bonds. The molecule has 0 spiro atoms. The number of pyridine rings is 1. The first-order valence-corrected chi connectivity index (χ1v) is 10.5. The molecular weight excluding hydrogens is 386 g/mol. The van der Waals surface area contributed by atoms with E-state index in [0.717, 1.165) is 47.0 Å². The number of nitrogen functional groups attached to an aromatic ring is 1. The molecule has 0 radical (unpaired) electrons. The standard InChI is InChI=1S/C22H26BrN3/c23-17-11-9-10-16(14-17)21-18-12-7-5-3-1-2-4-6-8-13-20(18)26-22(25)19(21)15-24/h9-11,14H,1-8,12-13H2,(H2,25,26). The number of hydrogen-bond donors (Lipinski definition) is 1. The van der Waals surface area contributed by atoms with Crippen LogP contribution >= 0.6 is 15.9 Å². The van der Waals surface area contributed by atoms with Gasteiger partial charge in [0, 0.05) is 15.7 Å². The summed E-state index contributed by atoms with van der Waals surface area (Å²) in [6.07, 6.45) is 12.0. The maximum absolute atomic E-state index is 9.76. The first kappa shape index (κ1) is 18.9. The molecule has 3 nitrogen and oxygen atoms in total. The molecule has 0 fully saturated rings. The van der Waals surface area contributed by atoms with Crippen LogP contribution in [0.1, 0.15) is 68.2 Å². The molecule has 2 aromatic rings. The van der Waals surface area contributed by atoms with Gasteiger partial charge in [-0.2, -0.15) is 5.26 Å². The van der Waals surface area contributed by atoms with Gasteiger partial charge in [0.2, 0.25) is 0 Å². The largest absolute Gasteiger partial charge is 0.383 e. The molecule has 4 heteroatoms. The minimum atomic E-state index is 0.369. The molecular formula is C22H26BrN3. The third-order valence-corrected chi connectivity index (χ3v) is 5.72. The van der Waals surface area contributed by atoms with E-state index in [0.29, 0.717) is 11.4 Å². The van der Waals surface area contributed by atoms with Crippen molar-refractivity contribution in [3.63, 3.8) is 0 Å². The molecule has 0 saturated carbocycles. The van der Waals surface area contributed by atoms with Crippen LogP contribution < -0.4 is 5.73 Å². The second kappa shape index (κ2) is 9.19. The molecule has 3 rings (SSSR count). The predicted molar refractivity (Wildman–Crippen MR) is 111 cm³/mol. The first-order chi connectivity index (χ1) is 12.7. The van der Waals surface area contributed by atoms with Crippen molar-refractivity contribution in [1.29, 1.82) is 5.26 Å². The van der Waals surface area contributed by atoms with E-state index in [9.17, 15) is 5.26 Å². The molecule has 0 aliphatic heterocycles. The number of nitrogens with two attached hydrogens (primary N) is 1. The summed E-state index contributed by atoms with van der Waals surface area (Å²) in [4.78, 5) is 4.66. The van der Waals surface area contributed by atoms with Crippen LogP contribution in [0.3, 0.4) is 0 Å². The monoisotopic (exact) mass is 411 g/mol. The molecule has 1 aromatic heterocycles. The van der Waals surface area contributed by atoms with E-state index >= 15 is 0 Å². The maximum Gasteiger partial charge on any atom is 0.142 e. The highest BCUT2D eigenvalue weighted by molar-refractivity contribution is 9.10. The van der Waals surface area contributed by atoms with E-state index < -0.39 is 0 Å². The second-order valence-corrected chi connectivity index (χ2v) is 8.04. The van der Waals surface area contributed by atoms with Crippen LogP contribution in [0.4, 0.5) is 5.82 Å². The minimum absolute atomic E-state index is 0.369. The lowest BCUT2D eigenvalue weighted by Gasteiger charge is -2.18. The zero-order valence-corrected chi connectivity index (χ0v) is 16.8. The molecule has 1 aromatic carbocycles. The van der Waals surface area contributed by atoms with Gasteiger partial charge in [0.25, 0.3) is 0 Å². The van der Waals surface area contributed by atoms with E-state index in [2.05, 4.69) is 39.1 Å². The third-order valence-electron chi connectivity index (χ3n) is 5.23. The Bertz CT molecular complexity index is 808. The van der Waals surface area contributed by atoms with Crippen molar-refractivity contribution in [1.82, 2.24) is 4.98 Å². The highest BCUT2D eigenvalue weighted by Crippen LogP contribution is 2.35. The van der Waals surface area contributed by atoms with Crippen LogP contribution in [0.2, 0.25) is 0 Å². The van der Waals surface area contributed by atoms with Gasteiger partial charge >= 0.3 is 0 Å². The Morgan fingerprint density at radius 2 is 1.62 bits per heavy atom. The lowest BCUT2D eigenvalue weighted by atomic mass is 9.89. The Balaban J connectivity index is 2.12. The average molecular weight is 412 g/mol. The summed E-state index contributed by atoms with van der Waals surface area (Å²) in [5, 5.41) is 9.76. The summed E-state index contributed by atoms with van der Waals surface area (Å²) in [5.41, 5.74) is 11.1. The number of benzene rings is 1. The zero-order chi connectivity index (χ0) is 18.4. The molecule has 136 valence electrons. The van der Waals surface area contributed by atoms with Crippen molar-refractivity contribution < 1.29 is 0 Å². The first-order valence-electron chi connectivity index (χ1n) is 9.68. The van der Waals surface area contributed by atoms with Gasteiger partial charge in [-0.15, -0.1) is 0 Å². The number of fused-ring (bicyclic) bond motifs is 1. The Morgan fingerprint density at radius 3 is 2.27 bits per heavy atom. The zero-order valence-electron chi connectivity index (χ0n) is 15.2. The molecule has 0 bridgehead atoms. The van der Waals surface area contributed by atoms with Gasteiger partial charge in [-0.1, -0.05) is 66.6 Å². The van der Waals surface area contributed by atoms with Gasteiger partial charge in [0.1, 0.15) is 17.5 Å². The minimum Gasteiger partial charge on any atom is -0.383 e. The van der Waals surface area contributed by atoms with E-state index in [1.165, 1.54) is 44.1 Å². The fraction of sp³-hybridized carbons (Fsp3) is 0.455. The fourth-order valence-corrected chi connectivity index (χ4v) is 4.30. The second-order valence-electron chi connectivity index (χ2n) is 7.12. The van der Waals surface area contributed by atoms with E-state index in [1.807, 2.05) is 12.1 Å². The summed E-state index contributed by atoms with van der Waals surface area (Å²) < 4.78 is 1.01. The highest BCUT2D eigenvalue weighted by atomic mass is 79.9. The fourth-order valence-electron chi connectivity index (χ4n) is 3.90. The predicted octanol–water partition coefficient (Wildman–Crippen LogP) is 6.18. The lowest BCUT2D eigenvalue weighted by Crippen LogP contribution is -2.09. The van der Waals surface area contributed by atoms with Crippen LogP contribution in [0, 0.1) is 11.3 Å². The average Bonchev–Trinajstić information content (AvgIpc) is 2.62. The molecule has 2 N–H and O–H groups in total. The summed E-state index contributed by atoms with van der Waals surface area (Å²) in [6, 6.07) is 10.5. The summed E-state index contributed by atoms with van der Waals surface area (Å²) in [6.45, 7) is 0.